The maximum absolute atomic E-state index is 13.1. The van der Waals surface area contributed by atoms with Crippen LogP contribution in [0.3, 0.4) is 0 Å². The van der Waals surface area contributed by atoms with Gasteiger partial charge in [-0.1, -0.05) is 6.07 Å². The van der Waals surface area contributed by atoms with Crippen molar-refractivity contribution < 1.29 is 9.53 Å². The second kappa shape index (κ2) is 7.77. The van der Waals surface area contributed by atoms with Crippen LogP contribution < -0.4 is 15.4 Å². The molecular formula is C18H18BrN3O2S2. The maximum atomic E-state index is 13.1. The van der Waals surface area contributed by atoms with Crippen molar-refractivity contribution in [2.24, 2.45) is 0 Å². The lowest BCUT2D eigenvalue weighted by atomic mass is 10.00. The summed E-state index contributed by atoms with van der Waals surface area (Å²) in [6, 6.07) is 9.00. The Morgan fingerprint density at radius 2 is 2.19 bits per heavy atom. The third-order valence-electron chi connectivity index (χ3n) is 4.20. The number of methoxy groups -OCH3 is 1. The molecule has 3 rings (SSSR count). The minimum Gasteiger partial charge on any atom is -0.497 e. The fourth-order valence-electron chi connectivity index (χ4n) is 2.72. The van der Waals surface area contributed by atoms with Crippen LogP contribution in [0.2, 0.25) is 0 Å². The Balaban J connectivity index is 1.96. The second-order valence-electron chi connectivity index (χ2n) is 5.79. The number of carbonyl (C=O) groups excluding carboxylic acids is 1. The lowest BCUT2D eigenvalue weighted by Gasteiger charge is -2.35. The van der Waals surface area contributed by atoms with Gasteiger partial charge >= 0.3 is 0 Å². The lowest BCUT2D eigenvalue weighted by Crippen LogP contribution is -2.46. The predicted octanol–water partition coefficient (Wildman–Crippen LogP) is 4.29. The van der Waals surface area contributed by atoms with Gasteiger partial charge in [0.05, 0.1) is 18.7 Å². The summed E-state index contributed by atoms with van der Waals surface area (Å²) in [4.78, 5) is 15.9. The summed E-state index contributed by atoms with van der Waals surface area (Å²) in [6.07, 6.45) is 0. The number of thiophene rings is 1. The summed E-state index contributed by atoms with van der Waals surface area (Å²) in [5.41, 5.74) is 2.14. The average molecular weight is 452 g/mol. The number of amides is 1. The zero-order valence-electron chi connectivity index (χ0n) is 14.5. The largest absolute Gasteiger partial charge is 0.497 e. The molecule has 136 valence electrons. The summed E-state index contributed by atoms with van der Waals surface area (Å²) in [5.74, 6) is 0.513. The molecule has 2 N–H and O–H groups in total. The summed E-state index contributed by atoms with van der Waals surface area (Å²) < 4.78 is 6.20. The van der Waals surface area contributed by atoms with E-state index in [1.807, 2.05) is 48.5 Å². The Labute approximate surface area is 170 Å². The molecule has 0 saturated carbocycles. The van der Waals surface area contributed by atoms with Crippen molar-refractivity contribution >= 4 is 56.2 Å². The molecule has 1 amide bonds. The molecule has 0 aliphatic carbocycles. The van der Waals surface area contributed by atoms with Crippen LogP contribution in [0.1, 0.15) is 17.8 Å². The molecule has 2 aromatic rings. The van der Waals surface area contributed by atoms with Crippen LogP contribution in [0.15, 0.2) is 51.5 Å². The molecule has 1 aromatic carbocycles. The van der Waals surface area contributed by atoms with Crippen LogP contribution in [0, 0.1) is 0 Å². The van der Waals surface area contributed by atoms with Crippen LogP contribution in [0.4, 0.5) is 5.69 Å². The third-order valence-corrected chi connectivity index (χ3v) is 6.35. The lowest BCUT2D eigenvalue weighted by molar-refractivity contribution is -0.113. The van der Waals surface area contributed by atoms with Gasteiger partial charge in [0, 0.05) is 39.2 Å². The Bertz CT molecular complexity index is 894. The molecule has 26 heavy (non-hydrogen) atoms. The summed E-state index contributed by atoms with van der Waals surface area (Å²) >= 11 is 10.5. The molecule has 0 fully saturated rings. The Hall–Kier alpha value is -1.90. The van der Waals surface area contributed by atoms with E-state index in [1.165, 1.54) is 0 Å². The van der Waals surface area contributed by atoms with Crippen molar-refractivity contribution in [2.45, 2.75) is 13.0 Å². The number of nitrogens with one attached hydrogen (secondary N) is 2. The zero-order chi connectivity index (χ0) is 18.8. The molecule has 2 heterocycles. The Morgan fingerprint density at radius 1 is 1.42 bits per heavy atom. The van der Waals surface area contributed by atoms with E-state index in [2.05, 4.69) is 26.6 Å². The van der Waals surface area contributed by atoms with Gasteiger partial charge in [-0.2, -0.15) is 0 Å². The molecular weight excluding hydrogens is 434 g/mol. The van der Waals surface area contributed by atoms with Gasteiger partial charge in [0.25, 0.3) is 5.91 Å². The Kier molecular flexibility index (Phi) is 5.64. The van der Waals surface area contributed by atoms with Gasteiger partial charge in [-0.3, -0.25) is 4.79 Å². The summed E-state index contributed by atoms with van der Waals surface area (Å²) in [6.45, 7) is 1.91. The number of halogens is 1. The van der Waals surface area contributed by atoms with Gasteiger partial charge < -0.3 is 20.3 Å². The fourth-order valence-corrected chi connectivity index (χ4v) is 4.48. The number of hydrogen-bond acceptors (Lipinski definition) is 4. The van der Waals surface area contributed by atoms with Crippen LogP contribution in [0.25, 0.3) is 0 Å². The molecule has 0 spiro atoms. The molecule has 1 unspecified atom stereocenters. The topological polar surface area (TPSA) is 53.6 Å². The van der Waals surface area contributed by atoms with E-state index >= 15 is 0 Å². The molecule has 0 bridgehead atoms. The Morgan fingerprint density at radius 3 is 2.85 bits per heavy atom. The van der Waals surface area contributed by atoms with E-state index in [4.69, 9.17) is 17.0 Å². The number of thiocarbonyl (C=S) groups is 1. The van der Waals surface area contributed by atoms with Crippen molar-refractivity contribution in [3.8, 4) is 5.75 Å². The molecule has 0 saturated heterocycles. The van der Waals surface area contributed by atoms with Crippen molar-refractivity contribution in [1.82, 2.24) is 10.2 Å². The number of nitrogens with zero attached hydrogens (tertiary/aromatic N) is 1. The van der Waals surface area contributed by atoms with Crippen LogP contribution in [-0.2, 0) is 4.79 Å². The van der Waals surface area contributed by atoms with E-state index in [-0.39, 0.29) is 11.9 Å². The van der Waals surface area contributed by atoms with Gasteiger partial charge in [-0.05, 0) is 53.3 Å². The van der Waals surface area contributed by atoms with E-state index in [0.717, 1.165) is 15.0 Å². The van der Waals surface area contributed by atoms with Crippen molar-refractivity contribution in [2.75, 3.05) is 19.5 Å². The van der Waals surface area contributed by atoms with Crippen LogP contribution in [-0.4, -0.2) is 30.1 Å². The first-order valence-corrected chi connectivity index (χ1v) is 9.93. The highest BCUT2D eigenvalue weighted by molar-refractivity contribution is 9.10. The highest BCUT2D eigenvalue weighted by Gasteiger charge is 2.33. The molecule has 1 aliphatic rings. The van der Waals surface area contributed by atoms with Crippen molar-refractivity contribution in [3.63, 3.8) is 0 Å². The van der Waals surface area contributed by atoms with Crippen LogP contribution >= 0.6 is 39.5 Å². The molecule has 1 aromatic heterocycles. The van der Waals surface area contributed by atoms with E-state index in [9.17, 15) is 4.79 Å². The standard InChI is InChI=1S/C18H18BrN3O2S2/c1-10-15(17(23)20-12-5-4-6-13(8-12)24-3)16(21-18(25)22(10)2)14-7-11(19)9-26-14/h4-9,16H,1-3H3,(H,20,23)(H,21,25). The third kappa shape index (κ3) is 3.77. The number of hydrogen-bond donors (Lipinski definition) is 2. The number of carbonyl (C=O) groups is 1. The number of benzene rings is 1. The van der Waals surface area contributed by atoms with Crippen molar-refractivity contribution in [1.29, 1.82) is 0 Å². The van der Waals surface area contributed by atoms with Crippen molar-refractivity contribution in [3.05, 3.63) is 56.3 Å². The first kappa shape index (κ1) is 18.9. The number of rotatable bonds is 4. The number of anilines is 1. The highest BCUT2D eigenvalue weighted by atomic mass is 79.9. The SMILES string of the molecule is COc1cccc(NC(=O)C2=C(C)N(C)C(=S)NC2c2cc(Br)cs2)c1. The zero-order valence-corrected chi connectivity index (χ0v) is 17.7. The minimum absolute atomic E-state index is 0.174. The summed E-state index contributed by atoms with van der Waals surface area (Å²) in [5, 5.41) is 8.82. The van der Waals surface area contributed by atoms with E-state index in [1.54, 1.807) is 24.5 Å². The molecule has 1 aliphatic heterocycles. The molecule has 0 radical (unpaired) electrons. The van der Waals surface area contributed by atoms with E-state index < -0.39 is 0 Å². The first-order valence-electron chi connectivity index (χ1n) is 7.85. The van der Waals surface area contributed by atoms with Gasteiger partial charge in [0.1, 0.15) is 5.75 Å². The van der Waals surface area contributed by atoms with Gasteiger partial charge in [-0.25, -0.2) is 0 Å². The van der Waals surface area contributed by atoms with Gasteiger partial charge in [-0.15, -0.1) is 11.3 Å². The first-order chi connectivity index (χ1) is 12.4. The molecule has 5 nitrogen and oxygen atoms in total. The maximum Gasteiger partial charge on any atom is 0.255 e. The number of allylic oxidation sites excluding steroid dienone is 1. The highest BCUT2D eigenvalue weighted by Crippen LogP contribution is 2.35. The van der Waals surface area contributed by atoms with Gasteiger partial charge in [0.2, 0.25) is 0 Å². The monoisotopic (exact) mass is 451 g/mol. The average Bonchev–Trinajstić information content (AvgIpc) is 3.05. The molecule has 8 heteroatoms. The van der Waals surface area contributed by atoms with Gasteiger partial charge in [0.15, 0.2) is 5.11 Å². The smallest absolute Gasteiger partial charge is 0.255 e. The summed E-state index contributed by atoms with van der Waals surface area (Å²) in [7, 11) is 3.45. The number of ether oxygens (including phenoxy) is 1. The second-order valence-corrected chi connectivity index (χ2v) is 8.04. The minimum atomic E-state index is -0.291. The normalized spacial score (nSPS) is 17.2. The quantitative estimate of drug-likeness (QED) is 0.678. The molecule has 1 atom stereocenters. The predicted molar refractivity (Wildman–Crippen MR) is 113 cm³/mol. The van der Waals surface area contributed by atoms with E-state index in [0.29, 0.717) is 22.1 Å². The van der Waals surface area contributed by atoms with Crippen LogP contribution in [0.5, 0.6) is 5.75 Å². The fraction of sp³-hybridized carbons (Fsp3) is 0.222.